The maximum atomic E-state index is 6.12. The molecule has 7 nitrogen and oxygen atoms in total. The first-order valence-corrected chi connectivity index (χ1v) is 9.83. The Kier molecular flexibility index (Phi) is 7.14. The number of rotatable bonds is 5. The van der Waals surface area contributed by atoms with E-state index < -0.39 is 0 Å². The molecule has 2 aliphatic rings. The van der Waals surface area contributed by atoms with E-state index in [4.69, 9.17) is 4.74 Å². The average molecular weight is 496 g/mol. The number of hydrogen-bond donors (Lipinski definition) is 2. The summed E-state index contributed by atoms with van der Waals surface area (Å²) in [7, 11) is 1.81. The Morgan fingerprint density at radius 3 is 2.86 bits per heavy atom. The van der Waals surface area contributed by atoms with Gasteiger partial charge >= 0.3 is 0 Å². The highest BCUT2D eigenvalue weighted by atomic mass is 127. The molecule has 8 heteroatoms. The largest absolute Gasteiger partial charge is 0.490 e. The summed E-state index contributed by atoms with van der Waals surface area (Å²) in [6, 6.07) is 8.55. The van der Waals surface area contributed by atoms with Gasteiger partial charge in [-0.05, 0) is 38.7 Å². The standard InChI is InChI=1S/C20H28N6O.HI/c1-14-23-19-11-10-16(13-26(19)25-14)24-20(21-2)22-12-15-6-3-4-9-18(15)27-17-7-5-8-17;/h3-4,6,9,16-17H,5,7-8,10-13H2,1-2H3,(H2,21,22,24);1H. The Morgan fingerprint density at radius 2 is 2.11 bits per heavy atom. The summed E-state index contributed by atoms with van der Waals surface area (Å²) in [6.45, 7) is 3.44. The summed E-state index contributed by atoms with van der Waals surface area (Å²) in [6.07, 6.45) is 5.95. The monoisotopic (exact) mass is 496 g/mol. The van der Waals surface area contributed by atoms with Crippen molar-refractivity contribution in [3.8, 4) is 5.75 Å². The van der Waals surface area contributed by atoms with Crippen molar-refractivity contribution in [1.29, 1.82) is 0 Å². The Morgan fingerprint density at radius 1 is 1.29 bits per heavy atom. The highest BCUT2D eigenvalue weighted by Gasteiger charge is 2.22. The molecule has 1 aromatic carbocycles. The Hall–Kier alpha value is -1.84. The normalized spacial score (nSPS) is 19.2. The molecular weight excluding hydrogens is 467 g/mol. The van der Waals surface area contributed by atoms with Crippen molar-refractivity contribution in [2.45, 2.75) is 64.3 Å². The molecule has 0 bridgehead atoms. The summed E-state index contributed by atoms with van der Waals surface area (Å²) < 4.78 is 8.13. The molecule has 0 saturated heterocycles. The molecule has 4 rings (SSSR count). The van der Waals surface area contributed by atoms with Crippen LogP contribution in [0.2, 0.25) is 0 Å². The van der Waals surface area contributed by atoms with Gasteiger partial charge in [-0.3, -0.25) is 4.99 Å². The Balaban J connectivity index is 0.00000225. The first-order valence-electron chi connectivity index (χ1n) is 9.83. The first-order chi connectivity index (χ1) is 13.2. The van der Waals surface area contributed by atoms with Crippen LogP contribution in [0, 0.1) is 6.92 Å². The predicted octanol–water partition coefficient (Wildman–Crippen LogP) is 2.82. The minimum Gasteiger partial charge on any atom is -0.490 e. The third-order valence-corrected chi connectivity index (χ3v) is 5.29. The van der Waals surface area contributed by atoms with Crippen LogP contribution < -0.4 is 15.4 Å². The Labute approximate surface area is 183 Å². The predicted molar refractivity (Wildman–Crippen MR) is 120 cm³/mol. The maximum Gasteiger partial charge on any atom is 0.191 e. The lowest BCUT2D eigenvalue weighted by molar-refractivity contribution is 0.119. The van der Waals surface area contributed by atoms with Crippen molar-refractivity contribution < 1.29 is 4.74 Å². The maximum absolute atomic E-state index is 6.12. The molecule has 1 aromatic heterocycles. The highest BCUT2D eigenvalue weighted by molar-refractivity contribution is 14.0. The molecule has 0 amide bonds. The van der Waals surface area contributed by atoms with Crippen LogP contribution in [0.3, 0.4) is 0 Å². The average Bonchev–Trinajstić information content (AvgIpc) is 3.01. The van der Waals surface area contributed by atoms with Gasteiger partial charge in [-0.25, -0.2) is 9.67 Å². The second kappa shape index (κ2) is 9.58. The van der Waals surface area contributed by atoms with Gasteiger partial charge in [0.25, 0.3) is 0 Å². The van der Waals surface area contributed by atoms with Crippen molar-refractivity contribution in [1.82, 2.24) is 25.4 Å². The molecular formula is C20H29IN6O. The van der Waals surface area contributed by atoms with E-state index in [-0.39, 0.29) is 24.0 Å². The van der Waals surface area contributed by atoms with Gasteiger partial charge in [-0.1, -0.05) is 18.2 Å². The molecule has 28 heavy (non-hydrogen) atoms. The van der Waals surface area contributed by atoms with Crippen molar-refractivity contribution in [2.75, 3.05) is 7.05 Å². The second-order valence-corrected chi connectivity index (χ2v) is 7.34. The van der Waals surface area contributed by atoms with Crippen LogP contribution in [0.25, 0.3) is 0 Å². The lowest BCUT2D eigenvalue weighted by Gasteiger charge is -2.28. The van der Waals surface area contributed by atoms with Crippen LogP contribution in [0.1, 0.15) is 42.9 Å². The van der Waals surface area contributed by atoms with Crippen LogP contribution >= 0.6 is 24.0 Å². The minimum atomic E-state index is 0. The molecule has 1 saturated carbocycles. The number of para-hydroxylation sites is 1. The fraction of sp³-hybridized carbons (Fsp3) is 0.550. The van der Waals surface area contributed by atoms with E-state index >= 15 is 0 Å². The zero-order valence-electron chi connectivity index (χ0n) is 16.5. The number of aryl methyl sites for hydroxylation is 2. The smallest absolute Gasteiger partial charge is 0.191 e. The van der Waals surface area contributed by atoms with Gasteiger partial charge in [-0.15, -0.1) is 24.0 Å². The molecule has 2 aromatic rings. The second-order valence-electron chi connectivity index (χ2n) is 7.34. The van der Waals surface area contributed by atoms with Gasteiger partial charge in [0, 0.05) is 31.6 Å². The van der Waals surface area contributed by atoms with Crippen LogP contribution in [-0.2, 0) is 19.5 Å². The molecule has 152 valence electrons. The molecule has 2 N–H and O–H groups in total. The van der Waals surface area contributed by atoms with Crippen LogP contribution in [0.4, 0.5) is 0 Å². The van der Waals surface area contributed by atoms with Gasteiger partial charge in [0.15, 0.2) is 5.96 Å². The zero-order valence-corrected chi connectivity index (χ0v) is 18.8. The van der Waals surface area contributed by atoms with Gasteiger partial charge in [0.05, 0.1) is 12.6 Å². The number of halogens is 1. The van der Waals surface area contributed by atoms with E-state index in [1.807, 2.05) is 17.7 Å². The molecule has 1 fully saturated rings. The topological polar surface area (TPSA) is 76.4 Å². The number of benzene rings is 1. The lowest BCUT2D eigenvalue weighted by Crippen LogP contribution is -2.46. The lowest BCUT2D eigenvalue weighted by atomic mass is 9.96. The molecule has 2 heterocycles. The number of hydrogen-bond acceptors (Lipinski definition) is 4. The fourth-order valence-corrected chi connectivity index (χ4v) is 3.55. The Bertz CT molecular complexity index is 817. The molecule has 0 spiro atoms. The van der Waals surface area contributed by atoms with E-state index in [0.717, 1.165) is 61.1 Å². The molecule has 1 aliphatic heterocycles. The fourth-order valence-electron chi connectivity index (χ4n) is 3.55. The first kappa shape index (κ1) is 20.9. The number of aromatic nitrogens is 3. The number of aliphatic imine (C=N–C) groups is 1. The number of nitrogens with one attached hydrogen (secondary N) is 2. The molecule has 1 aliphatic carbocycles. The molecule has 1 unspecified atom stereocenters. The summed E-state index contributed by atoms with van der Waals surface area (Å²) in [5.74, 6) is 3.70. The number of ether oxygens (including phenoxy) is 1. The number of guanidine groups is 1. The van der Waals surface area contributed by atoms with Crippen molar-refractivity contribution in [3.05, 3.63) is 41.5 Å². The van der Waals surface area contributed by atoms with Crippen LogP contribution in [-0.4, -0.2) is 39.9 Å². The van der Waals surface area contributed by atoms with Crippen molar-refractivity contribution >= 4 is 29.9 Å². The number of nitrogens with zero attached hydrogens (tertiary/aromatic N) is 4. The summed E-state index contributed by atoms with van der Waals surface area (Å²) in [5, 5.41) is 11.4. The summed E-state index contributed by atoms with van der Waals surface area (Å²) in [4.78, 5) is 8.85. The zero-order chi connectivity index (χ0) is 18.6. The number of fused-ring (bicyclic) bond motifs is 1. The summed E-state index contributed by atoms with van der Waals surface area (Å²) >= 11 is 0. The quantitative estimate of drug-likeness (QED) is 0.379. The van der Waals surface area contributed by atoms with Crippen LogP contribution in [0.15, 0.2) is 29.3 Å². The summed E-state index contributed by atoms with van der Waals surface area (Å²) in [5.41, 5.74) is 1.16. The third-order valence-electron chi connectivity index (χ3n) is 5.29. The minimum absolute atomic E-state index is 0. The SMILES string of the molecule is CN=C(NCc1ccccc1OC1CCC1)NC1CCc2nc(C)nn2C1.I. The van der Waals surface area contributed by atoms with Crippen LogP contribution in [0.5, 0.6) is 5.75 Å². The van der Waals surface area contributed by atoms with E-state index in [9.17, 15) is 0 Å². The third kappa shape index (κ3) is 4.95. The highest BCUT2D eigenvalue weighted by Crippen LogP contribution is 2.27. The van der Waals surface area contributed by atoms with E-state index in [2.05, 4.69) is 43.9 Å². The van der Waals surface area contributed by atoms with Crippen molar-refractivity contribution in [3.63, 3.8) is 0 Å². The van der Waals surface area contributed by atoms with Gasteiger partial charge in [0.1, 0.15) is 17.4 Å². The van der Waals surface area contributed by atoms with Gasteiger partial charge < -0.3 is 15.4 Å². The van der Waals surface area contributed by atoms with E-state index in [1.165, 1.54) is 6.42 Å². The van der Waals surface area contributed by atoms with E-state index in [1.54, 1.807) is 7.05 Å². The van der Waals surface area contributed by atoms with Gasteiger partial charge in [0.2, 0.25) is 0 Å². The van der Waals surface area contributed by atoms with Crippen molar-refractivity contribution in [2.24, 2.45) is 4.99 Å². The van der Waals surface area contributed by atoms with E-state index in [0.29, 0.717) is 18.7 Å². The molecule has 1 atom stereocenters. The van der Waals surface area contributed by atoms with Gasteiger partial charge in [-0.2, -0.15) is 5.10 Å². The molecule has 0 radical (unpaired) electrons.